The average molecular weight is 513 g/mol. The van der Waals surface area contributed by atoms with Crippen LogP contribution in [0, 0.1) is 0 Å². The Hall–Kier alpha value is -1.80. The van der Waals surface area contributed by atoms with Gasteiger partial charge in [-0.1, -0.05) is 12.1 Å². The number of ether oxygens (including phenoxy) is 1. The van der Waals surface area contributed by atoms with Crippen LogP contribution in [0.25, 0.3) is 0 Å². The normalized spacial score (nSPS) is 8.15. The number of rotatable bonds is 3. The number of nitrogens with two attached hydrogens (primary N) is 3. The molecule has 0 fully saturated rings. The topological polar surface area (TPSA) is 199 Å². The Kier molecular flexibility index (Phi) is 21.0. The van der Waals surface area contributed by atoms with Crippen molar-refractivity contribution >= 4 is 43.6 Å². The number of hydrogen-bond acceptors (Lipinski definition) is 9. The lowest BCUT2D eigenvalue weighted by Crippen LogP contribution is -2.14. The highest BCUT2D eigenvalue weighted by molar-refractivity contribution is 9.10. The summed E-state index contributed by atoms with van der Waals surface area (Å²) < 4.78 is 5.74. The van der Waals surface area contributed by atoms with Crippen molar-refractivity contribution in [2.45, 2.75) is 0 Å². The van der Waals surface area contributed by atoms with E-state index >= 15 is 0 Å². The minimum absolute atomic E-state index is 0. The largest absolute Gasteiger partial charge is 0.464 e. The van der Waals surface area contributed by atoms with Crippen molar-refractivity contribution in [2.24, 2.45) is 17.4 Å². The summed E-state index contributed by atoms with van der Waals surface area (Å²) in [6.45, 7) is 0.00343. The smallest absolute Gasteiger partial charge is 0.356 e. The van der Waals surface area contributed by atoms with Gasteiger partial charge in [-0.3, -0.25) is 16.5 Å². The number of carbonyl (C=O) groups excluding carboxylic acids is 2. The fourth-order valence-corrected chi connectivity index (χ4v) is 1.98. The molecular formula is C15H23Br2N5O5. The zero-order valence-corrected chi connectivity index (χ0v) is 17.9. The highest BCUT2D eigenvalue weighted by Crippen LogP contribution is 2.07. The molecule has 0 spiro atoms. The van der Waals surface area contributed by atoms with Crippen LogP contribution in [0.2, 0.25) is 0 Å². The average Bonchev–Trinajstić information content (AvgIpc) is 2.70. The minimum Gasteiger partial charge on any atom is -0.464 e. The van der Waals surface area contributed by atoms with Gasteiger partial charge in [-0.25, -0.2) is 14.8 Å². The number of nitrogens with zero attached hydrogens (tertiary/aromatic N) is 2. The van der Waals surface area contributed by atoms with Crippen LogP contribution in [0.1, 0.15) is 21.0 Å². The fraction of sp³-hybridized carbons (Fsp3) is 0.200. The van der Waals surface area contributed by atoms with Crippen molar-refractivity contribution in [3.05, 3.63) is 57.0 Å². The quantitative estimate of drug-likeness (QED) is 0.146. The lowest BCUT2D eigenvalue weighted by molar-refractivity contribution is 0.0593. The summed E-state index contributed by atoms with van der Waals surface area (Å²) in [6, 6.07) is 10.2. The second-order valence-corrected chi connectivity index (χ2v) is 5.43. The maximum absolute atomic E-state index is 11.0. The van der Waals surface area contributed by atoms with E-state index in [0.29, 0.717) is 20.6 Å². The van der Waals surface area contributed by atoms with Gasteiger partial charge in [0, 0.05) is 7.11 Å². The number of halogens is 2. The number of hydrazine groups is 1. The summed E-state index contributed by atoms with van der Waals surface area (Å²) in [4.78, 5) is 29.6. The molecule has 27 heavy (non-hydrogen) atoms. The predicted molar refractivity (Wildman–Crippen MR) is 109 cm³/mol. The summed E-state index contributed by atoms with van der Waals surface area (Å²) >= 11 is 6.30. The molecule has 0 saturated carbocycles. The lowest BCUT2D eigenvalue weighted by atomic mass is 10.2. The molecule has 0 radical (unpaired) electrons. The monoisotopic (exact) mass is 511 g/mol. The zero-order chi connectivity index (χ0) is 20.5. The van der Waals surface area contributed by atoms with Crippen LogP contribution < -0.4 is 17.4 Å². The van der Waals surface area contributed by atoms with E-state index in [4.69, 9.17) is 10.8 Å². The summed E-state index contributed by atoms with van der Waals surface area (Å²) in [5.41, 5.74) is 5.86. The molecule has 0 aliphatic heterocycles. The van der Waals surface area contributed by atoms with Gasteiger partial charge in [0.05, 0.1) is 13.7 Å². The van der Waals surface area contributed by atoms with Crippen molar-refractivity contribution in [1.29, 1.82) is 0 Å². The summed E-state index contributed by atoms with van der Waals surface area (Å²) in [7, 11) is 2.32. The molecule has 0 bridgehead atoms. The Bertz CT molecular complexity index is 619. The molecule has 2 aromatic heterocycles. The molecule has 2 rings (SSSR count). The van der Waals surface area contributed by atoms with Crippen LogP contribution in [0.5, 0.6) is 0 Å². The highest BCUT2D eigenvalue weighted by atomic mass is 79.9. The van der Waals surface area contributed by atoms with Gasteiger partial charge in [0.15, 0.2) is 5.78 Å². The molecule has 2 heterocycles. The van der Waals surface area contributed by atoms with Crippen LogP contribution in [-0.4, -0.2) is 53.1 Å². The molecule has 0 aromatic carbocycles. The van der Waals surface area contributed by atoms with Gasteiger partial charge in [0.1, 0.15) is 20.6 Å². The van der Waals surface area contributed by atoms with E-state index in [-0.39, 0.29) is 17.8 Å². The van der Waals surface area contributed by atoms with Crippen molar-refractivity contribution in [3.8, 4) is 0 Å². The van der Waals surface area contributed by atoms with Crippen LogP contribution in [-0.2, 0) is 4.74 Å². The molecule has 0 aliphatic rings. The van der Waals surface area contributed by atoms with Gasteiger partial charge >= 0.3 is 5.97 Å². The molecule has 0 atom stereocenters. The number of hydrogen-bond donors (Lipinski definition) is 4. The van der Waals surface area contributed by atoms with Gasteiger partial charge in [0.25, 0.3) is 0 Å². The van der Waals surface area contributed by atoms with E-state index in [1.54, 1.807) is 36.4 Å². The van der Waals surface area contributed by atoms with Crippen molar-refractivity contribution in [1.82, 2.24) is 9.97 Å². The van der Waals surface area contributed by atoms with Gasteiger partial charge in [0.2, 0.25) is 0 Å². The number of aromatic nitrogens is 2. The van der Waals surface area contributed by atoms with Crippen molar-refractivity contribution in [2.75, 3.05) is 20.8 Å². The number of Topliss-reactive ketones (excluding diaryl/α,β-unsaturated/α-hetero) is 1. The second-order valence-electron chi connectivity index (χ2n) is 3.81. The van der Waals surface area contributed by atoms with Crippen LogP contribution in [0.3, 0.4) is 0 Å². The van der Waals surface area contributed by atoms with E-state index in [2.05, 4.69) is 58.3 Å². The first-order chi connectivity index (χ1) is 12.5. The number of pyridine rings is 2. The summed E-state index contributed by atoms with van der Waals surface area (Å²) in [6.07, 6.45) is 0. The van der Waals surface area contributed by atoms with Gasteiger partial charge in [-0.2, -0.15) is 0 Å². The number of carbonyl (C=O) groups is 2. The Morgan fingerprint density at radius 1 is 1.00 bits per heavy atom. The van der Waals surface area contributed by atoms with Gasteiger partial charge < -0.3 is 21.1 Å². The van der Waals surface area contributed by atoms with E-state index in [9.17, 15) is 9.59 Å². The fourth-order valence-electron chi connectivity index (χ4n) is 1.29. The third-order valence-corrected chi connectivity index (χ3v) is 3.18. The first-order valence-corrected chi connectivity index (χ1v) is 8.41. The third kappa shape index (κ3) is 13.1. The molecule has 0 unspecified atom stereocenters. The number of esters is 1. The van der Waals surface area contributed by atoms with E-state index < -0.39 is 5.97 Å². The zero-order valence-electron chi connectivity index (χ0n) is 14.7. The van der Waals surface area contributed by atoms with Gasteiger partial charge in [-0.15, -0.1) is 0 Å². The number of ketones is 1. The molecule has 0 aliphatic carbocycles. The molecule has 2 aromatic rings. The maximum atomic E-state index is 11.0. The van der Waals surface area contributed by atoms with Gasteiger partial charge in [-0.05, 0) is 56.1 Å². The Morgan fingerprint density at radius 3 is 1.78 bits per heavy atom. The first-order valence-electron chi connectivity index (χ1n) is 6.82. The molecular weight excluding hydrogens is 490 g/mol. The Labute approximate surface area is 173 Å². The molecule has 9 N–H and O–H groups in total. The molecule has 152 valence electrons. The Morgan fingerprint density at radius 2 is 1.41 bits per heavy atom. The lowest BCUT2D eigenvalue weighted by Gasteiger charge is -1.96. The van der Waals surface area contributed by atoms with Crippen LogP contribution in [0.4, 0.5) is 0 Å². The van der Waals surface area contributed by atoms with E-state index in [0.717, 1.165) is 7.11 Å². The summed E-state index contributed by atoms with van der Waals surface area (Å²) in [5, 5.41) is 7.00. The van der Waals surface area contributed by atoms with Crippen molar-refractivity contribution < 1.29 is 24.9 Å². The van der Waals surface area contributed by atoms with E-state index in [1.807, 2.05) is 0 Å². The van der Waals surface area contributed by atoms with Crippen LogP contribution >= 0.6 is 31.9 Å². The molecule has 0 saturated heterocycles. The molecule has 0 amide bonds. The maximum Gasteiger partial charge on any atom is 0.356 e. The summed E-state index contributed by atoms with van der Waals surface area (Å²) in [5.74, 6) is 7.43. The molecule has 10 nitrogen and oxygen atoms in total. The third-order valence-electron chi connectivity index (χ3n) is 2.30. The SMILES string of the molecule is CO.COC(=O)c1cccc(Br)n1.NCC(=O)c1cccc(Br)n1.NN.O. The number of aliphatic hydroxyl groups excluding tert-OH is 1. The molecule has 12 heteroatoms. The van der Waals surface area contributed by atoms with Crippen molar-refractivity contribution in [3.63, 3.8) is 0 Å². The van der Waals surface area contributed by atoms with Crippen LogP contribution in [0.15, 0.2) is 45.6 Å². The Balaban J connectivity index is -0.000000349. The first kappa shape index (κ1) is 29.9. The number of methoxy groups -OCH3 is 1. The standard InChI is InChI=1S/C7H7BrN2O.C7H6BrNO2.CH4O.H4N2.H2O/c8-7-3-1-2-5(10-7)6(11)4-9;1-11-7(10)5-3-2-4-6(8)9-5;2*1-2;/h1-3H,4,9H2;2-4H,1H3;2H,1H3;1-2H2;1H2. The second kappa shape index (κ2) is 19.0. The predicted octanol–water partition coefficient (Wildman–Crippen LogP) is 0.219. The number of aliphatic hydroxyl groups is 1. The highest BCUT2D eigenvalue weighted by Gasteiger charge is 2.05. The minimum atomic E-state index is -0.425. The van der Waals surface area contributed by atoms with E-state index in [1.165, 1.54) is 7.11 Å².